The zero-order chi connectivity index (χ0) is 15.2. The van der Waals surface area contributed by atoms with Crippen LogP contribution in [-0.4, -0.2) is 60.7 Å². The van der Waals surface area contributed by atoms with E-state index in [1.165, 1.54) is 0 Å². The highest BCUT2D eigenvalue weighted by Crippen LogP contribution is 2.17. The molecule has 5 heteroatoms. The SMILES string of the molecule is COc1cccc(CN(C)C(=O)CN2CCCC2CO)c1. The molecule has 1 heterocycles. The normalized spacial score (nSPS) is 18.7. The predicted octanol–water partition coefficient (Wildman–Crippen LogP) is 1.11. The number of hydrogen-bond acceptors (Lipinski definition) is 4. The maximum absolute atomic E-state index is 12.3. The number of rotatable bonds is 6. The Bertz CT molecular complexity index is 478. The van der Waals surface area contributed by atoms with Crippen molar-refractivity contribution >= 4 is 5.91 Å². The van der Waals surface area contributed by atoms with Crippen LogP contribution in [0, 0.1) is 0 Å². The van der Waals surface area contributed by atoms with Gasteiger partial charge in [0.1, 0.15) is 5.75 Å². The molecule has 0 saturated carbocycles. The maximum Gasteiger partial charge on any atom is 0.236 e. The molecule has 0 aliphatic carbocycles. The van der Waals surface area contributed by atoms with E-state index in [2.05, 4.69) is 4.90 Å². The summed E-state index contributed by atoms with van der Waals surface area (Å²) in [6.45, 7) is 1.97. The van der Waals surface area contributed by atoms with E-state index in [0.29, 0.717) is 13.1 Å². The van der Waals surface area contributed by atoms with Gasteiger partial charge in [-0.05, 0) is 37.1 Å². The highest BCUT2D eigenvalue weighted by atomic mass is 16.5. The summed E-state index contributed by atoms with van der Waals surface area (Å²) in [7, 11) is 3.45. The van der Waals surface area contributed by atoms with Crippen LogP contribution in [0.25, 0.3) is 0 Å². The Morgan fingerprint density at radius 3 is 3.05 bits per heavy atom. The van der Waals surface area contributed by atoms with E-state index in [9.17, 15) is 9.90 Å². The van der Waals surface area contributed by atoms with Crippen LogP contribution in [0.3, 0.4) is 0 Å². The molecule has 1 N–H and O–H groups in total. The second kappa shape index (κ2) is 7.43. The standard InChI is InChI=1S/C16H24N2O3/c1-17(10-13-5-3-7-15(9-13)21-2)16(20)11-18-8-4-6-14(18)12-19/h3,5,7,9,14,19H,4,6,8,10-12H2,1-2H3. The van der Waals surface area contributed by atoms with Crippen molar-refractivity contribution < 1.29 is 14.6 Å². The number of ether oxygens (including phenoxy) is 1. The van der Waals surface area contributed by atoms with Crippen LogP contribution >= 0.6 is 0 Å². The van der Waals surface area contributed by atoms with Crippen LogP contribution in [0.2, 0.25) is 0 Å². The van der Waals surface area contributed by atoms with Crippen LogP contribution in [0.15, 0.2) is 24.3 Å². The van der Waals surface area contributed by atoms with Gasteiger partial charge in [-0.25, -0.2) is 0 Å². The van der Waals surface area contributed by atoms with E-state index in [4.69, 9.17) is 4.74 Å². The van der Waals surface area contributed by atoms with Gasteiger partial charge in [0, 0.05) is 19.6 Å². The molecule has 1 unspecified atom stereocenters. The molecule has 1 aliphatic heterocycles. The van der Waals surface area contributed by atoms with E-state index in [0.717, 1.165) is 30.7 Å². The fourth-order valence-electron chi connectivity index (χ4n) is 2.74. The van der Waals surface area contributed by atoms with Crippen molar-refractivity contribution in [1.82, 2.24) is 9.80 Å². The minimum absolute atomic E-state index is 0.0816. The molecule has 0 bridgehead atoms. The molecule has 1 saturated heterocycles. The highest BCUT2D eigenvalue weighted by molar-refractivity contribution is 5.78. The number of likely N-dealkylation sites (N-methyl/N-ethyl adjacent to an activating group) is 1. The molecular weight excluding hydrogens is 268 g/mol. The number of likely N-dealkylation sites (tertiary alicyclic amines) is 1. The van der Waals surface area contributed by atoms with Gasteiger partial charge in [0.15, 0.2) is 0 Å². The van der Waals surface area contributed by atoms with Crippen molar-refractivity contribution in [2.24, 2.45) is 0 Å². The van der Waals surface area contributed by atoms with Crippen molar-refractivity contribution in [2.45, 2.75) is 25.4 Å². The summed E-state index contributed by atoms with van der Waals surface area (Å²) in [6, 6.07) is 7.88. The van der Waals surface area contributed by atoms with Crippen molar-refractivity contribution in [2.75, 3.05) is 33.9 Å². The first kappa shape index (κ1) is 15.8. The number of amides is 1. The summed E-state index contributed by atoms with van der Waals surface area (Å²) < 4.78 is 5.19. The van der Waals surface area contributed by atoms with Gasteiger partial charge in [-0.1, -0.05) is 12.1 Å². The first-order valence-electron chi connectivity index (χ1n) is 7.36. The average Bonchev–Trinajstić information content (AvgIpc) is 2.94. The monoisotopic (exact) mass is 292 g/mol. The summed E-state index contributed by atoms with van der Waals surface area (Å²) >= 11 is 0. The lowest BCUT2D eigenvalue weighted by Crippen LogP contribution is -2.41. The van der Waals surface area contributed by atoms with Gasteiger partial charge < -0.3 is 14.7 Å². The number of aliphatic hydroxyl groups excluding tert-OH is 1. The Labute approximate surface area is 126 Å². The number of carbonyl (C=O) groups is 1. The van der Waals surface area contributed by atoms with Crippen LogP contribution in [0.5, 0.6) is 5.75 Å². The molecule has 1 atom stereocenters. The number of aliphatic hydroxyl groups is 1. The molecule has 2 rings (SSSR count). The van der Waals surface area contributed by atoms with Crippen molar-refractivity contribution in [1.29, 1.82) is 0 Å². The summed E-state index contributed by atoms with van der Waals surface area (Å²) in [6.07, 6.45) is 2.03. The summed E-state index contributed by atoms with van der Waals surface area (Å²) in [4.78, 5) is 16.1. The topological polar surface area (TPSA) is 53.0 Å². The third kappa shape index (κ3) is 4.19. The molecule has 1 aromatic rings. The van der Waals surface area contributed by atoms with Crippen LogP contribution in [0.1, 0.15) is 18.4 Å². The maximum atomic E-state index is 12.3. The molecule has 1 aromatic carbocycles. The first-order chi connectivity index (χ1) is 10.1. The van der Waals surface area contributed by atoms with Gasteiger partial charge in [0.05, 0.1) is 20.3 Å². The summed E-state index contributed by atoms with van der Waals surface area (Å²) in [5.41, 5.74) is 1.05. The predicted molar refractivity (Wildman–Crippen MR) is 81.1 cm³/mol. The lowest BCUT2D eigenvalue weighted by atomic mass is 10.2. The number of benzene rings is 1. The Morgan fingerprint density at radius 1 is 1.52 bits per heavy atom. The van der Waals surface area contributed by atoms with E-state index >= 15 is 0 Å². The largest absolute Gasteiger partial charge is 0.497 e. The second-order valence-corrected chi connectivity index (χ2v) is 5.55. The number of hydrogen-bond donors (Lipinski definition) is 1. The molecule has 1 amide bonds. The molecule has 116 valence electrons. The Hall–Kier alpha value is -1.59. The number of carbonyl (C=O) groups excluding carboxylic acids is 1. The third-order valence-corrected chi connectivity index (χ3v) is 4.03. The fraction of sp³-hybridized carbons (Fsp3) is 0.562. The Kier molecular flexibility index (Phi) is 5.59. The van der Waals surface area contributed by atoms with Crippen molar-refractivity contribution in [3.63, 3.8) is 0 Å². The zero-order valence-corrected chi connectivity index (χ0v) is 12.8. The van der Waals surface area contributed by atoms with Crippen molar-refractivity contribution in [3.05, 3.63) is 29.8 Å². The van der Waals surface area contributed by atoms with Crippen LogP contribution in [0.4, 0.5) is 0 Å². The van der Waals surface area contributed by atoms with Gasteiger partial charge in [0.25, 0.3) is 0 Å². The van der Waals surface area contributed by atoms with Gasteiger partial charge in [-0.3, -0.25) is 9.69 Å². The van der Waals surface area contributed by atoms with Gasteiger partial charge >= 0.3 is 0 Å². The molecule has 0 aromatic heterocycles. The lowest BCUT2D eigenvalue weighted by molar-refractivity contribution is -0.132. The first-order valence-corrected chi connectivity index (χ1v) is 7.36. The summed E-state index contributed by atoms with van der Waals surface area (Å²) in [5.74, 6) is 0.881. The van der Waals surface area contributed by atoms with Crippen LogP contribution < -0.4 is 4.74 Å². The molecule has 1 fully saturated rings. The second-order valence-electron chi connectivity index (χ2n) is 5.55. The van der Waals surface area contributed by atoms with E-state index in [1.807, 2.05) is 31.3 Å². The molecule has 1 aliphatic rings. The zero-order valence-electron chi connectivity index (χ0n) is 12.8. The highest BCUT2D eigenvalue weighted by Gasteiger charge is 2.26. The van der Waals surface area contributed by atoms with Gasteiger partial charge in [0.2, 0.25) is 5.91 Å². The smallest absolute Gasteiger partial charge is 0.236 e. The Morgan fingerprint density at radius 2 is 2.33 bits per heavy atom. The molecule has 5 nitrogen and oxygen atoms in total. The molecule has 0 spiro atoms. The minimum Gasteiger partial charge on any atom is -0.497 e. The molecule has 21 heavy (non-hydrogen) atoms. The van der Waals surface area contributed by atoms with Gasteiger partial charge in [-0.15, -0.1) is 0 Å². The van der Waals surface area contributed by atoms with E-state index in [1.54, 1.807) is 12.0 Å². The van der Waals surface area contributed by atoms with E-state index in [-0.39, 0.29) is 18.6 Å². The lowest BCUT2D eigenvalue weighted by Gasteiger charge is -2.25. The van der Waals surface area contributed by atoms with E-state index < -0.39 is 0 Å². The summed E-state index contributed by atoms with van der Waals surface area (Å²) in [5, 5.41) is 9.30. The molecular formula is C16H24N2O3. The third-order valence-electron chi connectivity index (χ3n) is 4.03. The van der Waals surface area contributed by atoms with Gasteiger partial charge in [-0.2, -0.15) is 0 Å². The Balaban J connectivity index is 1.90. The number of methoxy groups -OCH3 is 1. The minimum atomic E-state index is 0.0816. The van der Waals surface area contributed by atoms with Crippen LogP contribution in [-0.2, 0) is 11.3 Å². The average molecular weight is 292 g/mol. The molecule has 0 radical (unpaired) electrons. The van der Waals surface area contributed by atoms with Crippen molar-refractivity contribution in [3.8, 4) is 5.75 Å². The number of nitrogens with zero attached hydrogens (tertiary/aromatic N) is 2. The fourth-order valence-corrected chi connectivity index (χ4v) is 2.74. The quantitative estimate of drug-likeness (QED) is 0.853.